The SMILES string of the molecule is Nc1ccc2[nH]c(C(=O)NCc3ccc(F)cc3)cc2c1. The van der Waals surface area contributed by atoms with Crippen LogP contribution in [0.5, 0.6) is 0 Å². The van der Waals surface area contributed by atoms with E-state index in [2.05, 4.69) is 10.3 Å². The first-order valence-corrected chi connectivity index (χ1v) is 6.53. The summed E-state index contributed by atoms with van der Waals surface area (Å²) in [6.07, 6.45) is 0. The lowest BCUT2D eigenvalue weighted by Crippen LogP contribution is -2.23. The number of nitrogens with one attached hydrogen (secondary N) is 2. The number of aromatic nitrogens is 1. The number of benzene rings is 2. The molecule has 0 bridgehead atoms. The summed E-state index contributed by atoms with van der Waals surface area (Å²) in [5.74, 6) is -0.507. The van der Waals surface area contributed by atoms with Gasteiger partial charge in [-0.05, 0) is 42.0 Å². The van der Waals surface area contributed by atoms with Gasteiger partial charge in [0, 0.05) is 23.1 Å². The third kappa shape index (κ3) is 2.86. The molecule has 0 spiro atoms. The number of halogens is 1. The van der Waals surface area contributed by atoms with Gasteiger partial charge in [0.25, 0.3) is 5.91 Å². The van der Waals surface area contributed by atoms with Crippen molar-refractivity contribution in [3.05, 3.63) is 65.6 Å². The van der Waals surface area contributed by atoms with Gasteiger partial charge in [-0.15, -0.1) is 0 Å². The number of carbonyl (C=O) groups is 1. The summed E-state index contributed by atoms with van der Waals surface area (Å²) in [5, 5.41) is 3.68. The molecule has 4 N–H and O–H groups in total. The molecule has 0 saturated carbocycles. The van der Waals surface area contributed by atoms with E-state index in [9.17, 15) is 9.18 Å². The largest absolute Gasteiger partial charge is 0.399 e. The monoisotopic (exact) mass is 283 g/mol. The minimum absolute atomic E-state index is 0.214. The first kappa shape index (κ1) is 13.2. The Bertz CT molecular complexity index is 793. The van der Waals surface area contributed by atoms with Crippen LogP contribution >= 0.6 is 0 Å². The molecule has 1 heterocycles. The average molecular weight is 283 g/mol. The molecule has 3 rings (SSSR count). The fourth-order valence-corrected chi connectivity index (χ4v) is 2.15. The number of nitrogens with two attached hydrogens (primary N) is 1. The molecule has 0 radical (unpaired) electrons. The Morgan fingerprint density at radius 1 is 1.14 bits per heavy atom. The molecule has 4 nitrogen and oxygen atoms in total. The fraction of sp³-hybridized carbons (Fsp3) is 0.0625. The first-order valence-electron chi connectivity index (χ1n) is 6.53. The van der Waals surface area contributed by atoms with E-state index in [1.54, 1.807) is 24.3 Å². The van der Waals surface area contributed by atoms with Crippen molar-refractivity contribution < 1.29 is 9.18 Å². The van der Waals surface area contributed by atoms with E-state index in [-0.39, 0.29) is 11.7 Å². The fourth-order valence-electron chi connectivity index (χ4n) is 2.15. The zero-order chi connectivity index (χ0) is 14.8. The van der Waals surface area contributed by atoms with Gasteiger partial charge in [-0.2, -0.15) is 0 Å². The second kappa shape index (κ2) is 5.28. The van der Waals surface area contributed by atoms with E-state index in [1.165, 1.54) is 12.1 Å². The van der Waals surface area contributed by atoms with Crippen LogP contribution in [0.15, 0.2) is 48.5 Å². The van der Waals surface area contributed by atoms with Crippen LogP contribution in [0.25, 0.3) is 10.9 Å². The highest BCUT2D eigenvalue weighted by molar-refractivity contribution is 5.98. The van der Waals surface area contributed by atoms with Crippen LogP contribution in [0, 0.1) is 5.82 Å². The quantitative estimate of drug-likeness (QED) is 0.647. The third-order valence-electron chi connectivity index (χ3n) is 3.26. The Balaban J connectivity index is 1.73. The van der Waals surface area contributed by atoms with Gasteiger partial charge < -0.3 is 16.0 Å². The molecular formula is C16H14FN3O. The van der Waals surface area contributed by atoms with Crippen molar-refractivity contribution in [1.29, 1.82) is 0 Å². The molecule has 0 unspecified atom stereocenters. The number of amides is 1. The predicted octanol–water partition coefficient (Wildman–Crippen LogP) is 2.82. The number of nitrogen functional groups attached to an aromatic ring is 1. The molecule has 1 amide bonds. The summed E-state index contributed by atoms with van der Waals surface area (Å²) in [4.78, 5) is 15.1. The van der Waals surface area contributed by atoms with Crippen LogP contribution in [0.2, 0.25) is 0 Å². The van der Waals surface area contributed by atoms with E-state index in [4.69, 9.17) is 5.73 Å². The summed E-state index contributed by atoms with van der Waals surface area (Å²) in [7, 11) is 0. The van der Waals surface area contributed by atoms with Crippen molar-refractivity contribution in [3.8, 4) is 0 Å². The number of H-pyrrole nitrogens is 1. The lowest BCUT2D eigenvalue weighted by Gasteiger charge is -2.03. The Morgan fingerprint density at radius 2 is 1.90 bits per heavy atom. The normalized spacial score (nSPS) is 10.7. The van der Waals surface area contributed by atoms with E-state index >= 15 is 0 Å². The maximum absolute atomic E-state index is 12.8. The highest BCUT2D eigenvalue weighted by Gasteiger charge is 2.09. The van der Waals surface area contributed by atoms with Crippen LogP contribution in [0.4, 0.5) is 10.1 Å². The standard InChI is InChI=1S/C16H14FN3O/c17-12-3-1-10(2-4-12)9-19-16(21)15-8-11-7-13(18)5-6-14(11)20-15/h1-8,20H,9,18H2,(H,19,21). The van der Waals surface area contributed by atoms with Crippen molar-refractivity contribution in [1.82, 2.24) is 10.3 Å². The number of carbonyl (C=O) groups excluding carboxylic acids is 1. The average Bonchev–Trinajstić information content (AvgIpc) is 2.89. The van der Waals surface area contributed by atoms with E-state index < -0.39 is 0 Å². The number of rotatable bonds is 3. The zero-order valence-electron chi connectivity index (χ0n) is 11.2. The summed E-state index contributed by atoms with van der Waals surface area (Å²) in [5.41, 5.74) is 8.53. The molecule has 21 heavy (non-hydrogen) atoms. The van der Waals surface area contributed by atoms with Gasteiger partial charge in [0.2, 0.25) is 0 Å². The summed E-state index contributed by atoms with van der Waals surface area (Å²) in [6, 6.07) is 13.2. The summed E-state index contributed by atoms with van der Waals surface area (Å²) >= 11 is 0. The van der Waals surface area contributed by atoms with Crippen LogP contribution in [-0.2, 0) is 6.54 Å². The van der Waals surface area contributed by atoms with Crippen molar-refractivity contribution in [3.63, 3.8) is 0 Å². The van der Waals surface area contributed by atoms with Gasteiger partial charge in [0.05, 0.1) is 0 Å². The maximum Gasteiger partial charge on any atom is 0.267 e. The van der Waals surface area contributed by atoms with Gasteiger partial charge in [-0.1, -0.05) is 12.1 Å². The van der Waals surface area contributed by atoms with Gasteiger partial charge in [0.1, 0.15) is 11.5 Å². The summed E-state index contributed by atoms with van der Waals surface area (Å²) in [6.45, 7) is 0.344. The molecule has 3 aromatic rings. The first-order chi connectivity index (χ1) is 10.1. The molecule has 0 fully saturated rings. The van der Waals surface area contributed by atoms with Crippen LogP contribution < -0.4 is 11.1 Å². The Hall–Kier alpha value is -2.82. The number of fused-ring (bicyclic) bond motifs is 1. The zero-order valence-corrected chi connectivity index (χ0v) is 11.2. The van der Waals surface area contributed by atoms with Crippen molar-refractivity contribution >= 4 is 22.5 Å². The van der Waals surface area contributed by atoms with Crippen LogP contribution in [-0.4, -0.2) is 10.9 Å². The second-order valence-corrected chi connectivity index (χ2v) is 4.84. The maximum atomic E-state index is 12.8. The van der Waals surface area contributed by atoms with E-state index in [0.29, 0.717) is 17.9 Å². The van der Waals surface area contributed by atoms with Crippen molar-refractivity contribution in [2.45, 2.75) is 6.54 Å². The van der Waals surface area contributed by atoms with Gasteiger partial charge in [0.15, 0.2) is 0 Å². The molecule has 0 aliphatic carbocycles. The predicted molar refractivity (Wildman–Crippen MR) is 80.3 cm³/mol. The number of anilines is 1. The number of aromatic amines is 1. The topological polar surface area (TPSA) is 70.9 Å². The van der Waals surface area contributed by atoms with Gasteiger partial charge in [-0.3, -0.25) is 4.79 Å². The minimum atomic E-state index is -0.293. The van der Waals surface area contributed by atoms with E-state index in [0.717, 1.165) is 16.5 Å². The Labute approximate surface area is 120 Å². The Morgan fingerprint density at radius 3 is 2.67 bits per heavy atom. The Kier molecular flexibility index (Phi) is 3.31. The molecule has 0 atom stereocenters. The molecule has 0 aliphatic heterocycles. The minimum Gasteiger partial charge on any atom is -0.399 e. The molecule has 5 heteroatoms. The highest BCUT2D eigenvalue weighted by Crippen LogP contribution is 2.18. The molecule has 1 aromatic heterocycles. The lowest BCUT2D eigenvalue weighted by atomic mass is 10.2. The molecular weight excluding hydrogens is 269 g/mol. The van der Waals surface area contributed by atoms with E-state index in [1.807, 2.05) is 12.1 Å². The molecule has 106 valence electrons. The van der Waals surface area contributed by atoms with Gasteiger partial charge >= 0.3 is 0 Å². The van der Waals surface area contributed by atoms with Crippen molar-refractivity contribution in [2.75, 3.05) is 5.73 Å². The van der Waals surface area contributed by atoms with Crippen LogP contribution in [0.3, 0.4) is 0 Å². The molecule has 0 saturated heterocycles. The number of hydrogen-bond donors (Lipinski definition) is 3. The third-order valence-corrected chi connectivity index (χ3v) is 3.26. The van der Waals surface area contributed by atoms with Gasteiger partial charge in [-0.25, -0.2) is 4.39 Å². The smallest absolute Gasteiger partial charge is 0.267 e. The van der Waals surface area contributed by atoms with Crippen LogP contribution in [0.1, 0.15) is 16.1 Å². The molecule has 2 aromatic carbocycles. The number of hydrogen-bond acceptors (Lipinski definition) is 2. The lowest BCUT2D eigenvalue weighted by molar-refractivity contribution is 0.0947. The second-order valence-electron chi connectivity index (χ2n) is 4.84. The van der Waals surface area contributed by atoms with Crippen molar-refractivity contribution in [2.24, 2.45) is 0 Å². The molecule has 0 aliphatic rings. The summed E-state index contributed by atoms with van der Waals surface area (Å²) < 4.78 is 12.8. The highest BCUT2D eigenvalue weighted by atomic mass is 19.1.